The Morgan fingerprint density at radius 1 is 1.53 bits per heavy atom. The van der Waals surface area contributed by atoms with E-state index >= 15 is 0 Å². The van der Waals surface area contributed by atoms with Crippen molar-refractivity contribution >= 4 is 5.69 Å². The molecule has 0 aliphatic rings. The van der Waals surface area contributed by atoms with Gasteiger partial charge < -0.3 is 5.32 Å². The van der Waals surface area contributed by atoms with Crippen molar-refractivity contribution in [2.75, 3.05) is 12.4 Å². The minimum Gasteiger partial charge on any atom is -0.386 e. The Bertz CT molecular complexity index is 511. The fourth-order valence-corrected chi connectivity index (χ4v) is 1.66. The smallest absolute Gasteiger partial charge is 0.0913 e. The first kappa shape index (κ1) is 11.1. The maximum Gasteiger partial charge on any atom is 0.0913 e. The first-order valence-corrected chi connectivity index (χ1v) is 5.34. The average Bonchev–Trinajstić information content (AvgIpc) is 2.85. The van der Waals surface area contributed by atoms with Gasteiger partial charge in [-0.2, -0.15) is 10.4 Å². The summed E-state index contributed by atoms with van der Waals surface area (Å²) >= 11 is 0. The van der Waals surface area contributed by atoms with Crippen molar-refractivity contribution in [1.29, 1.82) is 5.26 Å². The summed E-state index contributed by atoms with van der Waals surface area (Å²) in [5, 5.41) is 16.2. The lowest BCUT2D eigenvalue weighted by atomic mass is 10.1. The summed E-state index contributed by atoms with van der Waals surface area (Å²) in [6.07, 6.45) is 7.48. The monoisotopic (exact) mass is 227 g/mol. The third kappa shape index (κ3) is 2.42. The van der Waals surface area contributed by atoms with Crippen LogP contribution in [0.25, 0.3) is 0 Å². The lowest BCUT2D eigenvalue weighted by molar-refractivity contribution is 0.531. The molecule has 17 heavy (non-hydrogen) atoms. The molecule has 0 aliphatic carbocycles. The summed E-state index contributed by atoms with van der Waals surface area (Å²) in [4.78, 5) is 4.07. The predicted octanol–water partition coefficient (Wildman–Crippen LogP) is 1.82. The molecule has 0 radical (unpaired) electrons. The molecule has 0 amide bonds. The van der Waals surface area contributed by atoms with Gasteiger partial charge in [0.15, 0.2) is 0 Å². The molecule has 2 rings (SSSR count). The molecule has 0 aliphatic heterocycles. The van der Waals surface area contributed by atoms with Crippen LogP contribution in [0, 0.1) is 11.3 Å². The third-order valence-electron chi connectivity index (χ3n) is 2.56. The molecule has 2 aromatic rings. The van der Waals surface area contributed by atoms with E-state index in [1.807, 2.05) is 25.4 Å². The number of aromatic nitrogens is 3. The van der Waals surface area contributed by atoms with Crippen LogP contribution >= 0.6 is 0 Å². The van der Waals surface area contributed by atoms with Gasteiger partial charge in [-0.15, -0.1) is 0 Å². The van der Waals surface area contributed by atoms with E-state index in [0.717, 1.165) is 11.3 Å². The molecule has 0 saturated heterocycles. The van der Waals surface area contributed by atoms with E-state index in [-0.39, 0.29) is 6.04 Å². The minimum atomic E-state index is -0.0872. The van der Waals surface area contributed by atoms with E-state index in [0.29, 0.717) is 6.42 Å². The molecular formula is C12H13N5. The molecule has 1 unspecified atom stereocenters. The largest absolute Gasteiger partial charge is 0.386 e. The first-order chi connectivity index (χ1) is 8.35. The van der Waals surface area contributed by atoms with Gasteiger partial charge in [0.1, 0.15) is 0 Å². The molecule has 5 heteroatoms. The van der Waals surface area contributed by atoms with Gasteiger partial charge in [0.2, 0.25) is 0 Å². The highest BCUT2D eigenvalue weighted by Crippen LogP contribution is 2.21. The average molecular weight is 227 g/mol. The predicted molar refractivity (Wildman–Crippen MR) is 64.4 cm³/mol. The van der Waals surface area contributed by atoms with E-state index in [2.05, 4.69) is 21.5 Å². The van der Waals surface area contributed by atoms with Crippen molar-refractivity contribution in [2.45, 2.75) is 12.5 Å². The number of nitrogens with one attached hydrogen (secondary N) is 1. The highest BCUT2D eigenvalue weighted by Gasteiger charge is 2.14. The summed E-state index contributed by atoms with van der Waals surface area (Å²) < 4.78 is 1.78. The number of rotatable bonds is 4. The molecule has 1 atom stereocenters. The Morgan fingerprint density at radius 2 is 2.41 bits per heavy atom. The van der Waals surface area contributed by atoms with Crippen LogP contribution in [0.15, 0.2) is 36.9 Å². The topological polar surface area (TPSA) is 66.5 Å². The number of hydrogen-bond acceptors (Lipinski definition) is 4. The molecule has 2 heterocycles. The van der Waals surface area contributed by atoms with Crippen LogP contribution in [0.3, 0.4) is 0 Å². The van der Waals surface area contributed by atoms with E-state index in [1.165, 1.54) is 0 Å². The molecular weight excluding hydrogens is 214 g/mol. The SMILES string of the molecule is CNc1cnn(C(CC#N)c2cccnc2)c1. The van der Waals surface area contributed by atoms with Gasteiger partial charge in [0, 0.05) is 25.6 Å². The van der Waals surface area contributed by atoms with Crippen LogP contribution in [-0.4, -0.2) is 21.8 Å². The lowest BCUT2D eigenvalue weighted by Crippen LogP contribution is -2.10. The Labute approximate surface area is 99.7 Å². The second kappa shape index (κ2) is 5.12. The number of nitrogens with zero attached hydrogens (tertiary/aromatic N) is 4. The maximum atomic E-state index is 8.90. The third-order valence-corrected chi connectivity index (χ3v) is 2.56. The Balaban J connectivity index is 2.33. The van der Waals surface area contributed by atoms with Gasteiger partial charge in [0.25, 0.3) is 0 Å². The highest BCUT2D eigenvalue weighted by atomic mass is 15.3. The van der Waals surface area contributed by atoms with Gasteiger partial charge in [0.05, 0.1) is 30.4 Å². The van der Waals surface area contributed by atoms with Crippen molar-refractivity contribution in [3.05, 3.63) is 42.5 Å². The van der Waals surface area contributed by atoms with Crippen molar-refractivity contribution in [3.63, 3.8) is 0 Å². The van der Waals surface area contributed by atoms with E-state index in [1.54, 1.807) is 23.3 Å². The normalized spacial score (nSPS) is 11.8. The molecule has 0 saturated carbocycles. The Morgan fingerprint density at radius 3 is 3.00 bits per heavy atom. The van der Waals surface area contributed by atoms with Crippen LogP contribution in [0.2, 0.25) is 0 Å². The molecule has 2 aromatic heterocycles. The second-order valence-electron chi connectivity index (χ2n) is 3.62. The quantitative estimate of drug-likeness (QED) is 0.865. The summed E-state index contributed by atoms with van der Waals surface area (Å²) in [5.74, 6) is 0. The van der Waals surface area contributed by atoms with Crippen LogP contribution in [0.4, 0.5) is 5.69 Å². The second-order valence-corrected chi connectivity index (χ2v) is 3.62. The first-order valence-electron chi connectivity index (χ1n) is 5.34. The molecule has 0 aromatic carbocycles. The Kier molecular flexibility index (Phi) is 3.36. The zero-order valence-corrected chi connectivity index (χ0v) is 9.54. The molecule has 0 spiro atoms. The summed E-state index contributed by atoms with van der Waals surface area (Å²) in [5.41, 5.74) is 1.91. The molecule has 5 nitrogen and oxygen atoms in total. The summed E-state index contributed by atoms with van der Waals surface area (Å²) in [6, 6.07) is 5.91. The molecule has 0 bridgehead atoms. The van der Waals surface area contributed by atoms with Gasteiger partial charge >= 0.3 is 0 Å². The highest BCUT2D eigenvalue weighted by molar-refractivity contribution is 5.37. The standard InChI is InChI=1S/C12H13N5/c1-14-11-8-16-17(9-11)12(4-5-13)10-3-2-6-15-7-10/h2-3,6-9,12,14H,4H2,1H3. The molecule has 0 fully saturated rings. The van der Waals surface area contributed by atoms with Crippen molar-refractivity contribution in [1.82, 2.24) is 14.8 Å². The lowest BCUT2D eigenvalue weighted by Gasteiger charge is -2.13. The van der Waals surface area contributed by atoms with Crippen LogP contribution in [0.1, 0.15) is 18.0 Å². The van der Waals surface area contributed by atoms with Crippen LogP contribution < -0.4 is 5.32 Å². The zero-order valence-electron chi connectivity index (χ0n) is 9.54. The summed E-state index contributed by atoms with van der Waals surface area (Å²) in [7, 11) is 1.84. The summed E-state index contributed by atoms with van der Waals surface area (Å²) in [6.45, 7) is 0. The van der Waals surface area contributed by atoms with Gasteiger partial charge in [-0.3, -0.25) is 9.67 Å². The fourth-order valence-electron chi connectivity index (χ4n) is 1.66. The van der Waals surface area contributed by atoms with Gasteiger partial charge in [-0.1, -0.05) is 6.07 Å². The van der Waals surface area contributed by atoms with Gasteiger partial charge in [-0.05, 0) is 11.6 Å². The van der Waals surface area contributed by atoms with E-state index < -0.39 is 0 Å². The van der Waals surface area contributed by atoms with Crippen molar-refractivity contribution in [2.24, 2.45) is 0 Å². The van der Waals surface area contributed by atoms with Gasteiger partial charge in [-0.25, -0.2) is 0 Å². The van der Waals surface area contributed by atoms with E-state index in [9.17, 15) is 0 Å². The molecule has 86 valence electrons. The number of pyridine rings is 1. The number of hydrogen-bond donors (Lipinski definition) is 1. The number of anilines is 1. The van der Waals surface area contributed by atoms with Crippen molar-refractivity contribution < 1.29 is 0 Å². The number of nitriles is 1. The Hall–Kier alpha value is -2.35. The minimum absolute atomic E-state index is 0.0872. The van der Waals surface area contributed by atoms with E-state index in [4.69, 9.17) is 5.26 Å². The maximum absolute atomic E-state index is 8.90. The van der Waals surface area contributed by atoms with Crippen LogP contribution in [0.5, 0.6) is 0 Å². The van der Waals surface area contributed by atoms with Crippen LogP contribution in [-0.2, 0) is 0 Å². The van der Waals surface area contributed by atoms with Crippen molar-refractivity contribution in [3.8, 4) is 6.07 Å². The zero-order chi connectivity index (χ0) is 12.1. The molecule has 1 N–H and O–H groups in total. The fraction of sp³-hybridized carbons (Fsp3) is 0.250.